The number of nitrogens with one attached hydrogen (secondary N) is 3. The van der Waals surface area contributed by atoms with E-state index in [-0.39, 0.29) is 6.42 Å². The standard InChI is InChI=1S/C18H28N4O12/c1-7(23)14(22-15(30)8(19)2-4-11(24)25)17(32)20-9(3-5-12(26)27)16(31)21-10(18(33)34)6-13(28)29/h7-10,14,23H,2-6,19H2,1H3,(H,20,32)(H,21,31)(H,22,30)(H,24,25)(H,26,27)(H,28,29)(H,33,34). The summed E-state index contributed by atoms with van der Waals surface area (Å²) in [6.07, 6.45) is -4.46. The summed E-state index contributed by atoms with van der Waals surface area (Å²) in [5.74, 6) is -9.18. The van der Waals surface area contributed by atoms with Gasteiger partial charge in [-0.3, -0.25) is 28.8 Å². The molecule has 0 aromatic heterocycles. The number of carboxylic acids is 4. The van der Waals surface area contributed by atoms with E-state index in [1.165, 1.54) is 0 Å². The lowest BCUT2D eigenvalue weighted by molar-refractivity contribution is -0.147. The van der Waals surface area contributed by atoms with Gasteiger partial charge in [0.25, 0.3) is 0 Å². The van der Waals surface area contributed by atoms with Crippen LogP contribution in [0.25, 0.3) is 0 Å². The number of carbonyl (C=O) groups is 7. The molecule has 0 aliphatic heterocycles. The lowest BCUT2D eigenvalue weighted by Gasteiger charge is -2.26. The molecule has 0 aromatic carbocycles. The Kier molecular flexibility index (Phi) is 12.8. The largest absolute Gasteiger partial charge is 0.481 e. The number of aliphatic hydroxyl groups is 1. The predicted molar refractivity (Wildman–Crippen MR) is 109 cm³/mol. The third-order valence-electron chi connectivity index (χ3n) is 4.34. The van der Waals surface area contributed by atoms with Gasteiger partial charge < -0.3 is 47.2 Å². The molecule has 0 saturated carbocycles. The van der Waals surface area contributed by atoms with Gasteiger partial charge in [-0.2, -0.15) is 0 Å². The van der Waals surface area contributed by atoms with Crippen LogP contribution in [-0.2, 0) is 33.6 Å². The molecular formula is C18H28N4O12. The second kappa shape index (κ2) is 14.4. The van der Waals surface area contributed by atoms with Crippen LogP contribution in [-0.4, -0.2) is 97.4 Å². The summed E-state index contributed by atoms with van der Waals surface area (Å²) in [5.41, 5.74) is 5.55. The molecule has 0 aromatic rings. The van der Waals surface area contributed by atoms with Gasteiger partial charge >= 0.3 is 23.9 Å². The van der Waals surface area contributed by atoms with Crippen LogP contribution in [0.15, 0.2) is 0 Å². The Morgan fingerprint density at radius 3 is 1.65 bits per heavy atom. The van der Waals surface area contributed by atoms with Crippen LogP contribution in [0.1, 0.15) is 39.0 Å². The number of nitrogens with two attached hydrogens (primary N) is 1. The zero-order chi connectivity index (χ0) is 26.6. The molecule has 3 amide bonds. The van der Waals surface area contributed by atoms with E-state index in [1.807, 2.05) is 5.32 Å². The average molecular weight is 492 g/mol. The Labute approximate surface area is 192 Å². The topological polar surface area (TPSA) is 283 Å². The van der Waals surface area contributed by atoms with Gasteiger partial charge in [0.05, 0.1) is 18.6 Å². The van der Waals surface area contributed by atoms with Crippen LogP contribution >= 0.6 is 0 Å². The average Bonchev–Trinajstić information content (AvgIpc) is 2.71. The van der Waals surface area contributed by atoms with Gasteiger partial charge in [0.1, 0.15) is 18.1 Å². The summed E-state index contributed by atoms with van der Waals surface area (Å²) in [4.78, 5) is 80.7. The first-order valence-corrected chi connectivity index (χ1v) is 9.88. The van der Waals surface area contributed by atoms with Crippen molar-refractivity contribution >= 4 is 41.6 Å². The summed E-state index contributed by atoms with van der Waals surface area (Å²) < 4.78 is 0. The molecule has 10 N–H and O–H groups in total. The van der Waals surface area contributed by atoms with Crippen molar-refractivity contribution in [3.8, 4) is 0 Å². The first kappa shape index (κ1) is 30.2. The molecule has 192 valence electrons. The maximum atomic E-state index is 12.6. The summed E-state index contributed by atoms with van der Waals surface area (Å²) >= 11 is 0. The van der Waals surface area contributed by atoms with E-state index in [2.05, 4.69) is 10.6 Å². The molecule has 34 heavy (non-hydrogen) atoms. The third-order valence-corrected chi connectivity index (χ3v) is 4.34. The van der Waals surface area contributed by atoms with Crippen LogP contribution in [0.3, 0.4) is 0 Å². The number of carbonyl (C=O) groups excluding carboxylic acids is 3. The lowest BCUT2D eigenvalue weighted by atomic mass is 10.1. The van der Waals surface area contributed by atoms with Crippen molar-refractivity contribution in [1.29, 1.82) is 0 Å². The van der Waals surface area contributed by atoms with Crippen molar-refractivity contribution in [3.05, 3.63) is 0 Å². The van der Waals surface area contributed by atoms with Gasteiger partial charge in [-0.15, -0.1) is 0 Å². The molecule has 5 unspecified atom stereocenters. The number of rotatable bonds is 16. The highest BCUT2D eigenvalue weighted by atomic mass is 16.4. The minimum absolute atomic E-state index is 0.279. The minimum atomic E-state index is -1.88. The lowest BCUT2D eigenvalue weighted by Crippen LogP contribution is -2.59. The Bertz CT molecular complexity index is 800. The van der Waals surface area contributed by atoms with Crippen LogP contribution < -0.4 is 21.7 Å². The van der Waals surface area contributed by atoms with E-state index in [0.717, 1.165) is 6.92 Å². The Balaban J connectivity index is 5.49. The van der Waals surface area contributed by atoms with Gasteiger partial charge in [-0.25, -0.2) is 4.79 Å². The van der Waals surface area contributed by atoms with Gasteiger partial charge in [-0.1, -0.05) is 0 Å². The number of aliphatic carboxylic acids is 4. The maximum Gasteiger partial charge on any atom is 0.326 e. The van der Waals surface area contributed by atoms with Crippen molar-refractivity contribution in [3.63, 3.8) is 0 Å². The van der Waals surface area contributed by atoms with Crippen LogP contribution in [0.4, 0.5) is 0 Å². The molecule has 0 fully saturated rings. The summed E-state index contributed by atoms with van der Waals surface area (Å²) in [5, 5.41) is 51.3. The van der Waals surface area contributed by atoms with Crippen molar-refractivity contribution in [2.24, 2.45) is 5.73 Å². The van der Waals surface area contributed by atoms with E-state index in [1.54, 1.807) is 0 Å². The summed E-state index contributed by atoms with van der Waals surface area (Å²) in [6.45, 7) is 1.10. The molecule has 0 aliphatic carbocycles. The monoisotopic (exact) mass is 492 g/mol. The molecule has 16 nitrogen and oxygen atoms in total. The first-order chi connectivity index (χ1) is 15.6. The Morgan fingerprint density at radius 2 is 1.21 bits per heavy atom. The first-order valence-electron chi connectivity index (χ1n) is 9.88. The number of aliphatic hydroxyl groups excluding tert-OH is 1. The summed E-state index contributed by atoms with van der Waals surface area (Å²) in [6, 6.07) is -6.59. The van der Waals surface area contributed by atoms with Crippen molar-refractivity contribution in [1.82, 2.24) is 16.0 Å². The van der Waals surface area contributed by atoms with Gasteiger partial charge in [0, 0.05) is 12.8 Å². The number of amides is 3. The molecule has 16 heteroatoms. The quantitative estimate of drug-likeness (QED) is 0.101. The highest BCUT2D eigenvalue weighted by Crippen LogP contribution is 2.04. The van der Waals surface area contributed by atoms with Gasteiger partial charge in [0.15, 0.2) is 0 Å². The number of hydrogen-bond acceptors (Lipinski definition) is 9. The zero-order valence-corrected chi connectivity index (χ0v) is 18.1. The van der Waals surface area contributed by atoms with Gasteiger partial charge in [-0.05, 0) is 19.8 Å². The second-order valence-electron chi connectivity index (χ2n) is 7.26. The Hall–Kier alpha value is -3.79. The van der Waals surface area contributed by atoms with Crippen LogP contribution in [0, 0.1) is 0 Å². The molecule has 5 atom stereocenters. The normalized spacial score (nSPS) is 15.0. The highest BCUT2D eigenvalue weighted by Gasteiger charge is 2.33. The molecule has 0 saturated heterocycles. The molecular weight excluding hydrogens is 464 g/mol. The second-order valence-corrected chi connectivity index (χ2v) is 7.26. The molecule has 0 radical (unpaired) electrons. The van der Waals surface area contributed by atoms with E-state index in [4.69, 9.17) is 26.2 Å². The zero-order valence-electron chi connectivity index (χ0n) is 18.1. The molecule has 0 bridgehead atoms. The fourth-order valence-electron chi connectivity index (χ4n) is 2.52. The predicted octanol–water partition coefficient (Wildman–Crippen LogP) is -3.56. The molecule has 0 heterocycles. The van der Waals surface area contributed by atoms with E-state index >= 15 is 0 Å². The molecule has 0 spiro atoms. The van der Waals surface area contributed by atoms with Crippen molar-refractivity contribution in [2.75, 3.05) is 0 Å². The Morgan fingerprint density at radius 1 is 0.706 bits per heavy atom. The smallest absolute Gasteiger partial charge is 0.326 e. The molecule has 0 rings (SSSR count). The van der Waals surface area contributed by atoms with Crippen molar-refractivity contribution < 1.29 is 59.1 Å². The SMILES string of the molecule is CC(O)C(NC(=O)C(N)CCC(=O)O)C(=O)NC(CCC(=O)O)C(=O)NC(CC(=O)O)C(=O)O. The molecule has 0 aliphatic rings. The third kappa shape index (κ3) is 11.7. The van der Waals surface area contributed by atoms with Crippen molar-refractivity contribution in [2.45, 2.75) is 69.3 Å². The van der Waals surface area contributed by atoms with Gasteiger partial charge in [0.2, 0.25) is 17.7 Å². The fourth-order valence-corrected chi connectivity index (χ4v) is 2.52. The summed E-state index contributed by atoms with van der Waals surface area (Å²) in [7, 11) is 0. The minimum Gasteiger partial charge on any atom is -0.481 e. The van der Waals surface area contributed by atoms with E-state index in [0.29, 0.717) is 0 Å². The fraction of sp³-hybridized carbons (Fsp3) is 0.611. The number of carboxylic acid groups (broad SMARTS) is 4. The van der Waals surface area contributed by atoms with Crippen LogP contribution in [0.5, 0.6) is 0 Å². The van der Waals surface area contributed by atoms with E-state index in [9.17, 15) is 38.7 Å². The highest BCUT2D eigenvalue weighted by molar-refractivity contribution is 5.95. The van der Waals surface area contributed by atoms with Crippen LogP contribution in [0.2, 0.25) is 0 Å². The number of hydrogen-bond donors (Lipinski definition) is 9. The van der Waals surface area contributed by atoms with E-state index < -0.39 is 97.6 Å². The maximum absolute atomic E-state index is 12.6.